The molecule has 1 aromatic heterocycles. The maximum atomic E-state index is 6.00. The van der Waals surface area contributed by atoms with Gasteiger partial charge in [0.15, 0.2) is 0 Å². The SMILES string of the molecule is CCCN(CC)CCOc1ccc(Nc2ncc(-c3ccc4c(c3)OCC3=C4[CH]3)c(Nc3ccccc3OC)n2)cc1. The van der Waals surface area contributed by atoms with E-state index in [1.807, 2.05) is 54.7 Å². The van der Waals surface area contributed by atoms with Crippen LogP contribution in [0.5, 0.6) is 17.2 Å². The number of hydrogen-bond acceptors (Lipinski definition) is 8. The van der Waals surface area contributed by atoms with Crippen LogP contribution in [0.4, 0.5) is 23.1 Å². The number of methoxy groups -OCH3 is 1. The van der Waals surface area contributed by atoms with Gasteiger partial charge in [-0.3, -0.25) is 0 Å². The molecular formula is C34H36N5O3. The summed E-state index contributed by atoms with van der Waals surface area (Å²) in [5.41, 5.74) is 7.20. The Labute approximate surface area is 247 Å². The summed E-state index contributed by atoms with van der Waals surface area (Å²) >= 11 is 0. The van der Waals surface area contributed by atoms with Crippen molar-refractivity contribution in [2.24, 2.45) is 0 Å². The van der Waals surface area contributed by atoms with Gasteiger partial charge in [0.2, 0.25) is 5.95 Å². The van der Waals surface area contributed by atoms with Crippen molar-refractivity contribution < 1.29 is 14.2 Å². The Kier molecular flexibility index (Phi) is 8.23. The highest BCUT2D eigenvalue weighted by Crippen LogP contribution is 2.48. The average Bonchev–Trinajstić information content (AvgIpc) is 3.82. The zero-order valence-corrected chi connectivity index (χ0v) is 24.3. The zero-order valence-electron chi connectivity index (χ0n) is 24.3. The maximum Gasteiger partial charge on any atom is 0.229 e. The van der Waals surface area contributed by atoms with E-state index in [1.165, 1.54) is 11.1 Å². The predicted octanol–water partition coefficient (Wildman–Crippen LogP) is 7.11. The lowest BCUT2D eigenvalue weighted by atomic mass is 10.0. The first-order valence-electron chi connectivity index (χ1n) is 14.5. The lowest BCUT2D eigenvalue weighted by Gasteiger charge is -2.19. The van der Waals surface area contributed by atoms with Crippen LogP contribution < -0.4 is 24.8 Å². The molecule has 1 aliphatic carbocycles. The number of benzene rings is 3. The van der Waals surface area contributed by atoms with Crippen LogP contribution in [0.2, 0.25) is 0 Å². The molecule has 2 N–H and O–H groups in total. The molecule has 4 aromatic rings. The molecule has 0 amide bonds. The summed E-state index contributed by atoms with van der Waals surface area (Å²) in [6.07, 6.45) is 5.15. The van der Waals surface area contributed by atoms with Crippen LogP contribution in [0.25, 0.3) is 16.7 Å². The van der Waals surface area contributed by atoms with Crippen molar-refractivity contribution in [1.29, 1.82) is 0 Å². The minimum absolute atomic E-state index is 0.472. The number of para-hydroxylation sites is 2. The molecule has 0 unspecified atom stereocenters. The molecule has 0 bridgehead atoms. The van der Waals surface area contributed by atoms with Crippen molar-refractivity contribution in [3.63, 3.8) is 0 Å². The predicted molar refractivity (Wildman–Crippen MR) is 168 cm³/mol. The number of nitrogens with zero attached hydrogens (tertiary/aromatic N) is 3. The number of ether oxygens (including phenoxy) is 3. The first kappa shape index (κ1) is 27.6. The summed E-state index contributed by atoms with van der Waals surface area (Å²) in [4.78, 5) is 11.9. The van der Waals surface area contributed by atoms with E-state index in [0.29, 0.717) is 25.0 Å². The number of anilines is 4. The molecule has 2 heterocycles. The second kappa shape index (κ2) is 12.5. The van der Waals surface area contributed by atoms with Crippen LogP contribution in [0.3, 0.4) is 0 Å². The Balaban J connectivity index is 1.22. The molecule has 42 heavy (non-hydrogen) atoms. The van der Waals surface area contributed by atoms with E-state index >= 15 is 0 Å². The van der Waals surface area contributed by atoms with Gasteiger partial charge in [-0.15, -0.1) is 0 Å². The van der Waals surface area contributed by atoms with Crippen molar-refractivity contribution in [1.82, 2.24) is 14.9 Å². The van der Waals surface area contributed by atoms with E-state index in [0.717, 1.165) is 71.4 Å². The van der Waals surface area contributed by atoms with Gasteiger partial charge in [-0.1, -0.05) is 38.1 Å². The highest BCUT2D eigenvalue weighted by molar-refractivity contribution is 5.97. The van der Waals surface area contributed by atoms with Gasteiger partial charge in [0.25, 0.3) is 0 Å². The number of fused-ring (bicyclic) bond motifs is 2. The molecule has 0 saturated heterocycles. The Hall–Kier alpha value is -4.56. The maximum absolute atomic E-state index is 6.00. The first-order chi connectivity index (χ1) is 20.6. The molecule has 0 atom stereocenters. The summed E-state index contributed by atoms with van der Waals surface area (Å²) in [6, 6.07) is 21.9. The molecule has 0 saturated carbocycles. The third kappa shape index (κ3) is 6.19. The summed E-state index contributed by atoms with van der Waals surface area (Å²) in [6.45, 7) is 8.71. The molecule has 3 aromatic carbocycles. The quantitative estimate of drug-likeness (QED) is 0.178. The van der Waals surface area contributed by atoms with Crippen LogP contribution in [0, 0.1) is 6.42 Å². The number of nitrogens with one attached hydrogen (secondary N) is 2. The Morgan fingerprint density at radius 1 is 0.952 bits per heavy atom. The summed E-state index contributed by atoms with van der Waals surface area (Å²) < 4.78 is 17.6. The number of allylic oxidation sites excluding steroid dienone is 1. The third-order valence-corrected chi connectivity index (χ3v) is 7.47. The lowest BCUT2D eigenvalue weighted by molar-refractivity contribution is 0.216. The second-order valence-corrected chi connectivity index (χ2v) is 10.3. The molecule has 1 radical (unpaired) electrons. The molecule has 1 aliphatic heterocycles. The zero-order chi connectivity index (χ0) is 28.9. The van der Waals surface area contributed by atoms with E-state index in [4.69, 9.17) is 19.2 Å². The fourth-order valence-electron chi connectivity index (χ4n) is 5.12. The summed E-state index contributed by atoms with van der Waals surface area (Å²) in [7, 11) is 1.66. The van der Waals surface area contributed by atoms with Gasteiger partial charge in [-0.25, -0.2) is 4.98 Å². The summed E-state index contributed by atoms with van der Waals surface area (Å²) in [5.74, 6) is 3.56. The standard InChI is InChI=1S/C34H36N5O3/c1-4-16-39(5-2)17-18-41-26-13-11-25(12-14-26)36-34-35-21-29(33(38-34)37-30-8-6-7-9-31(30)40-3)23-10-15-27-28-19-24(28)22-42-32(27)20-23/h6-15,19-21H,4-5,16-18,22H2,1-3H3,(H2,35,36,37,38). The molecule has 8 heteroatoms. The molecule has 6 rings (SSSR count). The average molecular weight is 563 g/mol. The molecule has 215 valence electrons. The second-order valence-electron chi connectivity index (χ2n) is 10.3. The van der Waals surface area contributed by atoms with E-state index in [2.05, 4.69) is 59.0 Å². The van der Waals surface area contributed by atoms with E-state index in [1.54, 1.807) is 7.11 Å². The fraction of sp³-hybridized carbons (Fsp3) is 0.265. The Bertz CT molecular complexity index is 1580. The van der Waals surface area contributed by atoms with Crippen molar-refractivity contribution in [2.45, 2.75) is 20.3 Å². The van der Waals surface area contributed by atoms with Gasteiger partial charge in [0.1, 0.15) is 36.3 Å². The van der Waals surface area contributed by atoms with Crippen LogP contribution in [0.1, 0.15) is 25.8 Å². The van der Waals surface area contributed by atoms with E-state index in [-0.39, 0.29) is 0 Å². The first-order valence-corrected chi connectivity index (χ1v) is 14.5. The van der Waals surface area contributed by atoms with Gasteiger partial charge in [0, 0.05) is 36.0 Å². The van der Waals surface area contributed by atoms with Gasteiger partial charge in [-0.2, -0.15) is 4.98 Å². The normalized spacial score (nSPS) is 13.2. The fourth-order valence-corrected chi connectivity index (χ4v) is 5.12. The van der Waals surface area contributed by atoms with Crippen LogP contribution in [-0.4, -0.2) is 54.8 Å². The largest absolute Gasteiger partial charge is 0.495 e. The third-order valence-electron chi connectivity index (χ3n) is 7.47. The van der Waals surface area contributed by atoms with Crippen molar-refractivity contribution in [2.75, 3.05) is 50.6 Å². The molecule has 0 spiro atoms. The lowest BCUT2D eigenvalue weighted by Crippen LogP contribution is -2.28. The Morgan fingerprint density at radius 3 is 2.62 bits per heavy atom. The van der Waals surface area contributed by atoms with Crippen molar-refractivity contribution in [3.05, 3.63) is 90.5 Å². The molecular weight excluding hydrogens is 526 g/mol. The minimum Gasteiger partial charge on any atom is -0.495 e. The van der Waals surface area contributed by atoms with Crippen molar-refractivity contribution in [3.8, 4) is 28.4 Å². The number of hydrogen-bond donors (Lipinski definition) is 2. The van der Waals surface area contributed by atoms with Gasteiger partial charge >= 0.3 is 0 Å². The highest BCUT2D eigenvalue weighted by atomic mass is 16.5. The van der Waals surface area contributed by atoms with Gasteiger partial charge < -0.3 is 29.7 Å². The van der Waals surface area contributed by atoms with Crippen LogP contribution >= 0.6 is 0 Å². The molecule has 0 fully saturated rings. The smallest absolute Gasteiger partial charge is 0.229 e. The molecule has 2 aliphatic rings. The van der Waals surface area contributed by atoms with Gasteiger partial charge in [0.05, 0.1) is 12.8 Å². The molecule has 8 nitrogen and oxygen atoms in total. The van der Waals surface area contributed by atoms with E-state index in [9.17, 15) is 0 Å². The number of rotatable bonds is 13. The highest BCUT2D eigenvalue weighted by Gasteiger charge is 2.31. The Morgan fingerprint density at radius 2 is 1.81 bits per heavy atom. The van der Waals surface area contributed by atoms with Gasteiger partial charge in [-0.05, 0) is 78.7 Å². The topological polar surface area (TPSA) is 80.8 Å². The number of likely N-dealkylation sites (N-methyl/N-ethyl adjacent to an activating group) is 1. The number of aromatic nitrogens is 2. The van der Waals surface area contributed by atoms with Crippen LogP contribution in [-0.2, 0) is 0 Å². The summed E-state index contributed by atoms with van der Waals surface area (Å²) in [5, 5.41) is 6.81. The van der Waals surface area contributed by atoms with E-state index < -0.39 is 0 Å². The van der Waals surface area contributed by atoms with Crippen LogP contribution in [0.15, 0.2) is 78.5 Å². The van der Waals surface area contributed by atoms with Crippen molar-refractivity contribution >= 4 is 28.7 Å². The minimum atomic E-state index is 0.472. The monoisotopic (exact) mass is 562 g/mol.